The zero-order chi connectivity index (χ0) is 13.5. The summed E-state index contributed by atoms with van der Waals surface area (Å²) in [5, 5.41) is 3.64. The fourth-order valence-corrected chi connectivity index (χ4v) is 2.92. The minimum absolute atomic E-state index is 0.00665. The number of hydrogen-bond donors (Lipinski definition) is 1. The standard InChI is InChI=1S/C16H33NO/c1-5-12-17-14-16(9-7-6-8-10-16)11-13-18-15(2,3)4/h17H,5-14H2,1-4H3. The minimum atomic E-state index is 0.00665. The third-order valence-electron chi connectivity index (χ3n) is 4.01. The van der Waals surface area contributed by atoms with Gasteiger partial charge in [-0.1, -0.05) is 26.2 Å². The van der Waals surface area contributed by atoms with E-state index < -0.39 is 0 Å². The Hall–Kier alpha value is -0.0800. The molecule has 18 heavy (non-hydrogen) atoms. The van der Waals surface area contributed by atoms with E-state index in [9.17, 15) is 0 Å². The quantitative estimate of drug-likeness (QED) is 0.690. The van der Waals surface area contributed by atoms with Crippen LogP contribution in [-0.4, -0.2) is 25.3 Å². The molecule has 1 saturated carbocycles. The second-order valence-corrected chi connectivity index (χ2v) is 6.95. The number of ether oxygens (including phenoxy) is 1. The predicted octanol–water partition coefficient (Wildman–Crippen LogP) is 4.14. The van der Waals surface area contributed by atoms with Crippen molar-refractivity contribution in [2.75, 3.05) is 19.7 Å². The van der Waals surface area contributed by atoms with Gasteiger partial charge in [-0.05, 0) is 58.4 Å². The Kier molecular flexibility index (Phi) is 6.65. The highest BCUT2D eigenvalue weighted by molar-refractivity contribution is 4.85. The molecule has 0 aromatic carbocycles. The Morgan fingerprint density at radius 2 is 1.78 bits per heavy atom. The van der Waals surface area contributed by atoms with Crippen LogP contribution in [0.5, 0.6) is 0 Å². The van der Waals surface area contributed by atoms with Gasteiger partial charge in [0.1, 0.15) is 0 Å². The zero-order valence-electron chi connectivity index (χ0n) is 13.0. The van der Waals surface area contributed by atoms with Gasteiger partial charge >= 0.3 is 0 Å². The van der Waals surface area contributed by atoms with Crippen LogP contribution in [0.1, 0.15) is 72.6 Å². The van der Waals surface area contributed by atoms with Crippen LogP contribution in [0.3, 0.4) is 0 Å². The van der Waals surface area contributed by atoms with Crippen LogP contribution in [-0.2, 0) is 4.74 Å². The van der Waals surface area contributed by atoms with Crippen molar-refractivity contribution in [2.45, 2.75) is 78.2 Å². The molecule has 1 aliphatic rings. The van der Waals surface area contributed by atoms with Gasteiger partial charge in [0.25, 0.3) is 0 Å². The molecule has 0 aromatic heterocycles. The van der Waals surface area contributed by atoms with Crippen LogP contribution in [0, 0.1) is 5.41 Å². The Morgan fingerprint density at radius 1 is 1.11 bits per heavy atom. The normalized spacial score (nSPS) is 20.0. The highest BCUT2D eigenvalue weighted by atomic mass is 16.5. The molecule has 1 N–H and O–H groups in total. The molecule has 0 spiro atoms. The van der Waals surface area contributed by atoms with Crippen LogP contribution in [0.15, 0.2) is 0 Å². The first-order valence-electron chi connectivity index (χ1n) is 7.82. The SMILES string of the molecule is CCCNCC1(CCOC(C)(C)C)CCCCC1. The second-order valence-electron chi connectivity index (χ2n) is 6.95. The van der Waals surface area contributed by atoms with Gasteiger partial charge in [-0.15, -0.1) is 0 Å². The monoisotopic (exact) mass is 255 g/mol. The van der Waals surface area contributed by atoms with Crippen molar-refractivity contribution in [1.82, 2.24) is 5.32 Å². The molecule has 0 radical (unpaired) electrons. The molecular formula is C16H33NO. The Labute approximate surface area is 114 Å². The van der Waals surface area contributed by atoms with Gasteiger partial charge in [0.05, 0.1) is 5.60 Å². The summed E-state index contributed by atoms with van der Waals surface area (Å²) in [4.78, 5) is 0. The molecule has 0 saturated heterocycles. The molecule has 0 heterocycles. The lowest BCUT2D eigenvalue weighted by Crippen LogP contribution is -2.38. The second kappa shape index (κ2) is 7.49. The maximum Gasteiger partial charge on any atom is 0.0598 e. The van der Waals surface area contributed by atoms with Crippen LogP contribution < -0.4 is 5.32 Å². The van der Waals surface area contributed by atoms with Gasteiger partial charge in [-0.25, -0.2) is 0 Å². The summed E-state index contributed by atoms with van der Waals surface area (Å²) in [6, 6.07) is 0. The molecule has 0 unspecified atom stereocenters. The van der Waals surface area contributed by atoms with Crippen LogP contribution in [0.2, 0.25) is 0 Å². The number of hydrogen-bond acceptors (Lipinski definition) is 2. The lowest BCUT2D eigenvalue weighted by atomic mass is 9.72. The molecule has 108 valence electrons. The van der Waals surface area contributed by atoms with E-state index in [1.54, 1.807) is 0 Å². The Morgan fingerprint density at radius 3 is 2.33 bits per heavy atom. The number of rotatable bonds is 7. The highest BCUT2D eigenvalue weighted by Gasteiger charge is 2.31. The van der Waals surface area contributed by atoms with E-state index >= 15 is 0 Å². The van der Waals surface area contributed by atoms with E-state index in [-0.39, 0.29) is 5.60 Å². The molecule has 0 aliphatic heterocycles. The van der Waals surface area contributed by atoms with Gasteiger partial charge in [-0.3, -0.25) is 0 Å². The molecule has 2 nitrogen and oxygen atoms in total. The average Bonchev–Trinajstić information content (AvgIpc) is 2.29. The van der Waals surface area contributed by atoms with E-state index in [0.717, 1.165) is 13.2 Å². The van der Waals surface area contributed by atoms with E-state index in [1.807, 2.05) is 0 Å². The van der Waals surface area contributed by atoms with Crippen molar-refractivity contribution in [3.8, 4) is 0 Å². The van der Waals surface area contributed by atoms with Crippen LogP contribution in [0.25, 0.3) is 0 Å². The summed E-state index contributed by atoms with van der Waals surface area (Å²) >= 11 is 0. The van der Waals surface area contributed by atoms with E-state index in [0.29, 0.717) is 5.41 Å². The first-order valence-corrected chi connectivity index (χ1v) is 7.82. The maximum absolute atomic E-state index is 5.94. The summed E-state index contributed by atoms with van der Waals surface area (Å²) < 4.78 is 5.94. The fraction of sp³-hybridized carbons (Fsp3) is 1.00. The highest BCUT2D eigenvalue weighted by Crippen LogP contribution is 2.39. The predicted molar refractivity (Wildman–Crippen MR) is 79.0 cm³/mol. The molecule has 0 aromatic rings. The molecule has 1 aliphatic carbocycles. The summed E-state index contributed by atoms with van der Waals surface area (Å²) in [5.41, 5.74) is 0.519. The van der Waals surface area contributed by atoms with Crippen LogP contribution >= 0.6 is 0 Å². The molecule has 2 heteroatoms. The first kappa shape index (κ1) is 16.0. The smallest absolute Gasteiger partial charge is 0.0598 e. The molecule has 0 amide bonds. The van der Waals surface area contributed by atoms with Crippen molar-refractivity contribution in [3.05, 3.63) is 0 Å². The van der Waals surface area contributed by atoms with Crippen molar-refractivity contribution >= 4 is 0 Å². The van der Waals surface area contributed by atoms with Gasteiger partial charge < -0.3 is 10.1 Å². The maximum atomic E-state index is 5.94. The third-order valence-corrected chi connectivity index (χ3v) is 4.01. The first-order chi connectivity index (χ1) is 8.47. The summed E-state index contributed by atoms with van der Waals surface area (Å²) in [7, 11) is 0. The lowest BCUT2D eigenvalue weighted by molar-refractivity contribution is -0.0236. The number of nitrogens with one attached hydrogen (secondary N) is 1. The molecule has 0 bridgehead atoms. The summed E-state index contributed by atoms with van der Waals surface area (Å²) in [6.45, 7) is 11.9. The van der Waals surface area contributed by atoms with Gasteiger partial charge in [0, 0.05) is 13.2 Å². The molecular weight excluding hydrogens is 222 g/mol. The van der Waals surface area contributed by atoms with Crippen molar-refractivity contribution in [3.63, 3.8) is 0 Å². The van der Waals surface area contributed by atoms with Gasteiger partial charge in [-0.2, -0.15) is 0 Å². The fourth-order valence-electron chi connectivity index (χ4n) is 2.92. The zero-order valence-corrected chi connectivity index (χ0v) is 13.0. The van der Waals surface area contributed by atoms with Crippen molar-refractivity contribution < 1.29 is 4.74 Å². The lowest BCUT2D eigenvalue weighted by Gasteiger charge is -2.38. The average molecular weight is 255 g/mol. The van der Waals surface area contributed by atoms with Crippen molar-refractivity contribution in [2.24, 2.45) is 5.41 Å². The van der Waals surface area contributed by atoms with Crippen molar-refractivity contribution in [1.29, 1.82) is 0 Å². The van der Waals surface area contributed by atoms with Gasteiger partial charge in [0.15, 0.2) is 0 Å². The van der Waals surface area contributed by atoms with Crippen LogP contribution in [0.4, 0.5) is 0 Å². The molecule has 1 fully saturated rings. The summed E-state index contributed by atoms with van der Waals surface area (Å²) in [6.07, 6.45) is 9.46. The minimum Gasteiger partial charge on any atom is -0.376 e. The molecule has 1 rings (SSSR count). The van der Waals surface area contributed by atoms with E-state index in [4.69, 9.17) is 4.74 Å². The topological polar surface area (TPSA) is 21.3 Å². The van der Waals surface area contributed by atoms with Gasteiger partial charge in [0.2, 0.25) is 0 Å². The Balaban J connectivity index is 2.39. The molecule has 0 atom stereocenters. The van der Waals surface area contributed by atoms with E-state index in [2.05, 4.69) is 33.0 Å². The Bertz CT molecular complexity index is 214. The third kappa shape index (κ3) is 6.19. The summed E-state index contributed by atoms with van der Waals surface area (Å²) in [5.74, 6) is 0. The van der Waals surface area contributed by atoms with E-state index in [1.165, 1.54) is 51.5 Å². The largest absolute Gasteiger partial charge is 0.376 e.